The molecular weight excluding hydrogens is 236 g/mol. The van der Waals surface area contributed by atoms with Gasteiger partial charge in [0, 0.05) is 18.7 Å². The number of nitrogens with zero attached hydrogens (tertiary/aromatic N) is 1. The third-order valence-electron chi connectivity index (χ3n) is 2.56. The first-order chi connectivity index (χ1) is 8.25. The molecule has 1 atom stereocenters. The molecule has 2 aromatic heterocycles. The molecule has 0 spiro atoms. The van der Waals surface area contributed by atoms with Gasteiger partial charge in [-0.3, -0.25) is 0 Å². The van der Waals surface area contributed by atoms with E-state index in [0.717, 1.165) is 24.3 Å². The fourth-order valence-electron chi connectivity index (χ4n) is 1.64. The Morgan fingerprint density at radius 1 is 1.41 bits per heavy atom. The van der Waals surface area contributed by atoms with E-state index in [-0.39, 0.29) is 0 Å². The molecule has 1 unspecified atom stereocenters. The van der Waals surface area contributed by atoms with Crippen molar-refractivity contribution in [3.05, 3.63) is 47.6 Å². The number of hydrogen-bond acceptors (Lipinski definition) is 3. The largest absolute Gasteiger partial charge is 0.469 e. The fraction of sp³-hybridized carbons (Fsp3) is 0.308. The summed E-state index contributed by atoms with van der Waals surface area (Å²) in [5.41, 5.74) is 0.876. The molecule has 2 aromatic rings. The van der Waals surface area contributed by atoms with Crippen LogP contribution in [0.3, 0.4) is 0 Å². The van der Waals surface area contributed by atoms with Crippen LogP contribution in [0.2, 0.25) is 5.15 Å². The lowest BCUT2D eigenvalue weighted by Gasteiger charge is -2.15. The molecule has 2 heterocycles. The van der Waals surface area contributed by atoms with Gasteiger partial charge in [-0.05, 0) is 37.6 Å². The summed E-state index contributed by atoms with van der Waals surface area (Å²) in [6.07, 6.45) is 5.28. The van der Waals surface area contributed by atoms with Gasteiger partial charge >= 0.3 is 0 Å². The lowest BCUT2D eigenvalue weighted by atomic mass is 10.1. The summed E-state index contributed by atoms with van der Waals surface area (Å²) in [5.74, 6) is 1.01. The van der Waals surface area contributed by atoms with Crippen LogP contribution in [-0.4, -0.2) is 11.0 Å². The number of aromatic nitrogens is 1. The minimum absolute atomic E-state index is 0.321. The van der Waals surface area contributed by atoms with Gasteiger partial charge in [0.25, 0.3) is 0 Å². The monoisotopic (exact) mass is 250 g/mol. The van der Waals surface area contributed by atoms with Gasteiger partial charge in [-0.1, -0.05) is 11.6 Å². The van der Waals surface area contributed by atoms with Gasteiger partial charge in [0.1, 0.15) is 5.76 Å². The number of aryl methyl sites for hydroxylation is 1. The van der Waals surface area contributed by atoms with E-state index >= 15 is 0 Å². The Morgan fingerprint density at radius 3 is 3.00 bits per heavy atom. The lowest BCUT2D eigenvalue weighted by molar-refractivity contribution is 0.495. The van der Waals surface area contributed by atoms with Crippen LogP contribution in [0.4, 0.5) is 5.69 Å². The van der Waals surface area contributed by atoms with E-state index in [4.69, 9.17) is 16.0 Å². The zero-order valence-corrected chi connectivity index (χ0v) is 10.4. The van der Waals surface area contributed by atoms with Crippen molar-refractivity contribution in [2.45, 2.75) is 25.8 Å². The van der Waals surface area contributed by atoms with E-state index in [1.807, 2.05) is 24.3 Å². The van der Waals surface area contributed by atoms with Crippen molar-refractivity contribution >= 4 is 17.3 Å². The quantitative estimate of drug-likeness (QED) is 0.821. The van der Waals surface area contributed by atoms with Crippen LogP contribution in [0.1, 0.15) is 19.1 Å². The number of pyridine rings is 1. The van der Waals surface area contributed by atoms with Crippen LogP contribution in [0, 0.1) is 0 Å². The number of furan rings is 1. The van der Waals surface area contributed by atoms with Crippen molar-refractivity contribution in [1.82, 2.24) is 4.98 Å². The number of hydrogen-bond donors (Lipinski definition) is 1. The maximum absolute atomic E-state index is 5.98. The molecule has 0 aromatic carbocycles. The van der Waals surface area contributed by atoms with Crippen LogP contribution < -0.4 is 5.32 Å². The van der Waals surface area contributed by atoms with E-state index in [2.05, 4.69) is 17.2 Å². The summed E-state index contributed by atoms with van der Waals surface area (Å²) in [6, 6.07) is 8.02. The predicted octanol–water partition coefficient (Wildman–Crippen LogP) is 3.76. The number of rotatable bonds is 5. The average molecular weight is 251 g/mol. The fourth-order valence-corrected chi connectivity index (χ4v) is 1.82. The average Bonchev–Trinajstić information content (AvgIpc) is 2.82. The van der Waals surface area contributed by atoms with Crippen LogP contribution >= 0.6 is 11.6 Å². The van der Waals surface area contributed by atoms with Gasteiger partial charge in [0.15, 0.2) is 5.15 Å². The highest BCUT2D eigenvalue weighted by molar-refractivity contribution is 6.31. The Labute approximate surface area is 106 Å². The molecule has 0 aliphatic carbocycles. The van der Waals surface area contributed by atoms with E-state index in [1.54, 1.807) is 12.5 Å². The molecule has 90 valence electrons. The van der Waals surface area contributed by atoms with Crippen molar-refractivity contribution in [3.8, 4) is 0 Å². The molecular formula is C13H15ClN2O. The third kappa shape index (κ3) is 3.49. The molecule has 0 bridgehead atoms. The molecule has 0 radical (unpaired) electrons. The van der Waals surface area contributed by atoms with Crippen LogP contribution in [0.15, 0.2) is 41.1 Å². The van der Waals surface area contributed by atoms with Gasteiger partial charge < -0.3 is 9.73 Å². The normalized spacial score (nSPS) is 12.4. The van der Waals surface area contributed by atoms with Crippen molar-refractivity contribution < 1.29 is 4.42 Å². The van der Waals surface area contributed by atoms with Crippen molar-refractivity contribution in [2.75, 3.05) is 5.32 Å². The second-order valence-electron chi connectivity index (χ2n) is 4.01. The second-order valence-corrected chi connectivity index (χ2v) is 4.36. The maximum Gasteiger partial charge on any atom is 0.152 e. The van der Waals surface area contributed by atoms with E-state index in [0.29, 0.717) is 11.2 Å². The molecule has 0 fully saturated rings. The van der Waals surface area contributed by atoms with Crippen molar-refractivity contribution in [1.29, 1.82) is 0 Å². The summed E-state index contributed by atoms with van der Waals surface area (Å²) in [7, 11) is 0. The van der Waals surface area contributed by atoms with Gasteiger partial charge in [-0.25, -0.2) is 4.98 Å². The van der Waals surface area contributed by atoms with Crippen LogP contribution in [0.25, 0.3) is 0 Å². The summed E-state index contributed by atoms with van der Waals surface area (Å²) >= 11 is 5.98. The standard InChI is InChI=1S/C13H15ClN2O/c1-10(6-7-11-4-3-9-17-11)16-12-5-2-8-15-13(12)14/h2-5,8-10,16H,6-7H2,1H3. The molecule has 0 aliphatic heterocycles. The zero-order chi connectivity index (χ0) is 12.1. The highest BCUT2D eigenvalue weighted by Crippen LogP contribution is 2.19. The molecule has 17 heavy (non-hydrogen) atoms. The van der Waals surface area contributed by atoms with Crippen molar-refractivity contribution in [2.24, 2.45) is 0 Å². The van der Waals surface area contributed by atoms with E-state index < -0.39 is 0 Å². The zero-order valence-electron chi connectivity index (χ0n) is 9.69. The first kappa shape index (κ1) is 12.0. The Hall–Kier alpha value is -1.48. The predicted molar refractivity (Wildman–Crippen MR) is 69.4 cm³/mol. The third-order valence-corrected chi connectivity index (χ3v) is 2.87. The topological polar surface area (TPSA) is 38.1 Å². The maximum atomic E-state index is 5.98. The Morgan fingerprint density at radius 2 is 2.29 bits per heavy atom. The number of anilines is 1. The Kier molecular flexibility index (Phi) is 4.04. The van der Waals surface area contributed by atoms with Crippen LogP contribution in [-0.2, 0) is 6.42 Å². The molecule has 2 rings (SSSR count). The molecule has 0 saturated carbocycles. The van der Waals surface area contributed by atoms with E-state index in [9.17, 15) is 0 Å². The minimum atomic E-state index is 0.321. The second kappa shape index (κ2) is 5.73. The molecule has 1 N–H and O–H groups in total. The summed E-state index contributed by atoms with van der Waals surface area (Å²) in [5, 5.41) is 3.85. The summed E-state index contributed by atoms with van der Waals surface area (Å²) in [4.78, 5) is 4.03. The van der Waals surface area contributed by atoms with Gasteiger partial charge in [0.2, 0.25) is 0 Å². The highest BCUT2D eigenvalue weighted by atomic mass is 35.5. The Bertz CT molecular complexity index is 456. The van der Waals surface area contributed by atoms with Crippen molar-refractivity contribution in [3.63, 3.8) is 0 Å². The number of halogens is 1. The molecule has 0 saturated heterocycles. The van der Waals surface area contributed by atoms with Gasteiger partial charge in [-0.2, -0.15) is 0 Å². The SMILES string of the molecule is CC(CCc1ccco1)Nc1cccnc1Cl. The van der Waals surface area contributed by atoms with Crippen LogP contribution in [0.5, 0.6) is 0 Å². The first-order valence-corrected chi connectivity index (χ1v) is 6.03. The molecule has 0 amide bonds. The Balaban J connectivity index is 1.85. The number of nitrogens with one attached hydrogen (secondary N) is 1. The smallest absolute Gasteiger partial charge is 0.152 e. The molecule has 0 aliphatic rings. The van der Waals surface area contributed by atoms with E-state index in [1.165, 1.54) is 0 Å². The summed E-state index contributed by atoms with van der Waals surface area (Å²) < 4.78 is 5.29. The lowest BCUT2D eigenvalue weighted by Crippen LogP contribution is -2.16. The summed E-state index contributed by atoms with van der Waals surface area (Å²) in [6.45, 7) is 2.12. The van der Waals surface area contributed by atoms with Gasteiger partial charge in [0.05, 0.1) is 12.0 Å². The highest BCUT2D eigenvalue weighted by Gasteiger charge is 2.06. The first-order valence-electron chi connectivity index (χ1n) is 5.65. The van der Waals surface area contributed by atoms with Gasteiger partial charge in [-0.15, -0.1) is 0 Å². The molecule has 4 heteroatoms. The minimum Gasteiger partial charge on any atom is -0.469 e. The molecule has 3 nitrogen and oxygen atoms in total.